The number of hydrogen-bond acceptors (Lipinski definition) is 9. The predicted molar refractivity (Wildman–Crippen MR) is 106 cm³/mol. The van der Waals surface area contributed by atoms with Gasteiger partial charge in [0.2, 0.25) is 16.9 Å². The van der Waals surface area contributed by atoms with Crippen molar-refractivity contribution in [2.75, 3.05) is 23.4 Å². The van der Waals surface area contributed by atoms with Gasteiger partial charge < -0.3 is 15.5 Å². The number of primary amides is 1. The quantitative estimate of drug-likeness (QED) is 0.351. The number of anilines is 1. The van der Waals surface area contributed by atoms with Crippen molar-refractivity contribution in [2.45, 2.75) is 16.4 Å². The first kappa shape index (κ1) is 19.5. The van der Waals surface area contributed by atoms with E-state index in [1.54, 1.807) is 0 Å². The van der Waals surface area contributed by atoms with E-state index in [1.165, 1.54) is 34.9 Å². The van der Waals surface area contributed by atoms with E-state index in [0.717, 1.165) is 16.8 Å². The first-order valence-electron chi connectivity index (χ1n) is 7.83. The third-order valence-electron chi connectivity index (χ3n) is 3.07. The number of fused-ring (bicyclic) bond motifs is 1. The lowest BCUT2D eigenvalue weighted by Crippen LogP contribution is -2.13. The minimum atomic E-state index is -0.434. The number of carbonyl (C=O) groups is 2. The molecule has 3 aromatic rings. The van der Waals surface area contributed by atoms with E-state index in [0.29, 0.717) is 21.2 Å². The Bertz CT molecular complexity index is 957. The van der Waals surface area contributed by atoms with Gasteiger partial charge in [-0.25, -0.2) is 4.98 Å². The predicted octanol–water partition coefficient (Wildman–Crippen LogP) is 2.12. The molecule has 0 spiro atoms. The van der Waals surface area contributed by atoms with Gasteiger partial charge in [-0.1, -0.05) is 34.9 Å². The minimum Gasteiger partial charge on any atom is -0.494 e. The number of hydrogen-bond donors (Lipinski definition) is 3. The fourth-order valence-corrected chi connectivity index (χ4v) is 4.22. The van der Waals surface area contributed by atoms with E-state index >= 15 is 0 Å². The first-order valence-corrected chi connectivity index (χ1v) is 10.6. The molecule has 3 rings (SSSR count). The van der Waals surface area contributed by atoms with E-state index in [9.17, 15) is 9.59 Å². The Morgan fingerprint density at radius 3 is 2.93 bits per heavy atom. The zero-order valence-corrected chi connectivity index (χ0v) is 16.7. The summed E-state index contributed by atoms with van der Waals surface area (Å²) in [6.45, 7) is 2.52. The van der Waals surface area contributed by atoms with Gasteiger partial charge >= 0.3 is 0 Å². The monoisotopic (exact) mass is 424 g/mol. The van der Waals surface area contributed by atoms with Gasteiger partial charge in [0.25, 0.3) is 0 Å². The third kappa shape index (κ3) is 5.58. The van der Waals surface area contributed by atoms with Crippen LogP contribution in [-0.2, 0) is 9.59 Å². The smallest absolute Gasteiger partial charge is 0.236 e. The van der Waals surface area contributed by atoms with E-state index in [1.807, 2.05) is 25.1 Å². The van der Waals surface area contributed by atoms with E-state index in [2.05, 4.69) is 25.5 Å². The average molecular weight is 425 g/mol. The molecule has 2 heterocycles. The van der Waals surface area contributed by atoms with Crippen LogP contribution in [0.15, 0.2) is 27.7 Å². The fraction of sp³-hybridized carbons (Fsp3) is 0.267. The zero-order valence-electron chi connectivity index (χ0n) is 14.2. The van der Waals surface area contributed by atoms with Crippen LogP contribution in [0, 0.1) is 0 Å². The maximum absolute atomic E-state index is 12.1. The van der Waals surface area contributed by atoms with Crippen molar-refractivity contribution in [3.63, 3.8) is 0 Å². The number of carbonyl (C=O) groups excluding carboxylic acids is 2. The molecule has 9 nitrogen and oxygen atoms in total. The molecule has 0 bridgehead atoms. The molecule has 0 saturated carbocycles. The summed E-state index contributed by atoms with van der Waals surface area (Å²) in [6, 6.07) is 5.60. The minimum absolute atomic E-state index is 0.121. The van der Waals surface area contributed by atoms with Gasteiger partial charge in [0.05, 0.1) is 29.1 Å². The normalized spacial score (nSPS) is 10.9. The number of H-pyrrole nitrogens is 1. The molecule has 0 radical (unpaired) electrons. The standard InChI is InChI=1S/C15H16N6O3S3/c1-2-24-8-3-4-9-10(5-8)18-13(17-9)25-7-12(23)19-14-20-21-15(27-14)26-6-11(16)22/h3-5H,2,6-7H2,1H3,(H2,16,22)(H,17,18)(H,19,20,23). The van der Waals surface area contributed by atoms with Gasteiger partial charge in [-0.15, -0.1) is 10.2 Å². The number of thioether (sulfide) groups is 2. The summed E-state index contributed by atoms with van der Waals surface area (Å²) in [6.07, 6.45) is 0. The summed E-state index contributed by atoms with van der Waals surface area (Å²) in [5.74, 6) is 0.399. The van der Waals surface area contributed by atoms with Crippen LogP contribution in [0.4, 0.5) is 5.13 Å². The Kier molecular flexibility index (Phi) is 6.53. The van der Waals surface area contributed by atoms with Crippen molar-refractivity contribution >= 4 is 62.8 Å². The Hall–Kier alpha value is -2.31. The Balaban J connectivity index is 1.53. The van der Waals surface area contributed by atoms with Crippen LogP contribution >= 0.6 is 34.9 Å². The van der Waals surface area contributed by atoms with Crippen molar-refractivity contribution in [2.24, 2.45) is 5.73 Å². The van der Waals surface area contributed by atoms with E-state index < -0.39 is 5.91 Å². The molecule has 0 aliphatic heterocycles. The summed E-state index contributed by atoms with van der Waals surface area (Å²) in [5, 5.41) is 11.4. The van der Waals surface area contributed by atoms with Gasteiger partial charge in [-0.2, -0.15) is 0 Å². The van der Waals surface area contributed by atoms with E-state index in [4.69, 9.17) is 10.5 Å². The zero-order chi connectivity index (χ0) is 19.2. The molecule has 142 valence electrons. The lowest BCUT2D eigenvalue weighted by atomic mass is 10.3. The highest BCUT2D eigenvalue weighted by molar-refractivity contribution is 8.01. The molecule has 0 unspecified atom stereocenters. The molecule has 0 aliphatic rings. The molecule has 27 heavy (non-hydrogen) atoms. The molecule has 12 heteroatoms. The van der Waals surface area contributed by atoms with Crippen molar-refractivity contribution in [1.29, 1.82) is 0 Å². The number of benzene rings is 1. The summed E-state index contributed by atoms with van der Waals surface area (Å²) < 4.78 is 6.03. The van der Waals surface area contributed by atoms with Crippen molar-refractivity contribution < 1.29 is 14.3 Å². The number of aromatic amines is 1. The number of aromatic nitrogens is 4. The van der Waals surface area contributed by atoms with Crippen molar-refractivity contribution in [3.8, 4) is 5.75 Å². The Labute approximate surface area is 166 Å². The number of imidazole rings is 1. The van der Waals surface area contributed by atoms with Gasteiger partial charge in [-0.3, -0.25) is 14.9 Å². The second-order valence-electron chi connectivity index (χ2n) is 5.12. The third-order valence-corrected chi connectivity index (χ3v) is 5.94. The van der Waals surface area contributed by atoms with Crippen molar-refractivity contribution in [3.05, 3.63) is 18.2 Å². The lowest BCUT2D eigenvalue weighted by Gasteiger charge is -2.00. The molecule has 2 aromatic heterocycles. The van der Waals surface area contributed by atoms with Crippen LogP contribution in [0.3, 0.4) is 0 Å². The molecule has 1 aromatic carbocycles. The highest BCUT2D eigenvalue weighted by Gasteiger charge is 2.11. The Morgan fingerprint density at radius 1 is 1.30 bits per heavy atom. The second-order valence-corrected chi connectivity index (χ2v) is 8.28. The maximum atomic E-state index is 12.1. The van der Waals surface area contributed by atoms with Gasteiger partial charge in [0.1, 0.15) is 5.75 Å². The van der Waals surface area contributed by atoms with E-state index in [-0.39, 0.29) is 17.4 Å². The maximum Gasteiger partial charge on any atom is 0.236 e. The molecule has 2 amide bonds. The highest BCUT2D eigenvalue weighted by atomic mass is 32.2. The van der Waals surface area contributed by atoms with Gasteiger partial charge in [0, 0.05) is 6.07 Å². The van der Waals surface area contributed by atoms with Gasteiger partial charge in [-0.05, 0) is 19.1 Å². The molecule has 4 N–H and O–H groups in total. The summed E-state index contributed by atoms with van der Waals surface area (Å²) >= 11 is 3.66. The van der Waals surface area contributed by atoms with Crippen LogP contribution in [0.2, 0.25) is 0 Å². The molecular weight excluding hydrogens is 408 g/mol. The number of rotatable bonds is 9. The molecule has 0 atom stereocenters. The molecule has 0 fully saturated rings. The number of nitrogens with two attached hydrogens (primary N) is 1. The topological polar surface area (TPSA) is 136 Å². The molecule has 0 aliphatic carbocycles. The van der Waals surface area contributed by atoms with Crippen LogP contribution in [0.1, 0.15) is 6.92 Å². The van der Waals surface area contributed by atoms with Gasteiger partial charge in [0.15, 0.2) is 9.50 Å². The number of nitrogens with zero attached hydrogens (tertiary/aromatic N) is 3. The average Bonchev–Trinajstić information content (AvgIpc) is 3.24. The van der Waals surface area contributed by atoms with Crippen LogP contribution in [0.5, 0.6) is 5.75 Å². The molecule has 0 saturated heterocycles. The largest absolute Gasteiger partial charge is 0.494 e. The number of amides is 2. The first-order chi connectivity index (χ1) is 13.0. The summed E-state index contributed by atoms with van der Waals surface area (Å²) in [4.78, 5) is 30.4. The SMILES string of the molecule is CCOc1ccc2nc(SCC(=O)Nc3nnc(SCC(N)=O)s3)[nH]c2c1. The summed E-state index contributed by atoms with van der Waals surface area (Å²) in [5.41, 5.74) is 6.74. The summed E-state index contributed by atoms with van der Waals surface area (Å²) in [7, 11) is 0. The van der Waals surface area contributed by atoms with Crippen LogP contribution in [0.25, 0.3) is 11.0 Å². The number of nitrogens with one attached hydrogen (secondary N) is 2. The van der Waals surface area contributed by atoms with Crippen LogP contribution < -0.4 is 15.8 Å². The second kappa shape index (κ2) is 9.06. The highest BCUT2D eigenvalue weighted by Crippen LogP contribution is 2.26. The lowest BCUT2D eigenvalue weighted by molar-refractivity contribution is -0.115. The fourth-order valence-electron chi connectivity index (χ4n) is 2.03. The number of ether oxygens (including phenoxy) is 1. The van der Waals surface area contributed by atoms with Crippen molar-refractivity contribution in [1.82, 2.24) is 20.2 Å². The Morgan fingerprint density at radius 2 is 2.15 bits per heavy atom. The molecular formula is C15H16N6O3S3. The van der Waals surface area contributed by atoms with Crippen LogP contribution in [-0.4, -0.2) is 50.1 Å².